The maximum absolute atomic E-state index is 6.23. The van der Waals surface area contributed by atoms with Crippen molar-refractivity contribution in [3.63, 3.8) is 0 Å². The second-order valence-corrected chi connectivity index (χ2v) is 5.39. The summed E-state index contributed by atoms with van der Waals surface area (Å²) in [6.45, 7) is 7.05. The maximum Gasteiger partial charge on any atom is 0.0147 e. The van der Waals surface area contributed by atoms with Crippen LogP contribution in [0.2, 0.25) is 0 Å². The third-order valence-corrected chi connectivity index (χ3v) is 4.38. The highest BCUT2D eigenvalue weighted by molar-refractivity contribution is 5.10. The summed E-state index contributed by atoms with van der Waals surface area (Å²) >= 11 is 0. The molecule has 0 aromatic rings. The molecule has 11 heavy (non-hydrogen) atoms. The molecule has 2 fully saturated rings. The van der Waals surface area contributed by atoms with Crippen molar-refractivity contribution in [2.45, 2.75) is 46.1 Å². The molecule has 1 heteroatoms. The molecule has 0 heterocycles. The van der Waals surface area contributed by atoms with E-state index < -0.39 is 0 Å². The van der Waals surface area contributed by atoms with Crippen molar-refractivity contribution in [1.29, 1.82) is 0 Å². The van der Waals surface area contributed by atoms with Gasteiger partial charge in [0.25, 0.3) is 0 Å². The van der Waals surface area contributed by atoms with E-state index in [2.05, 4.69) is 20.8 Å². The molecule has 1 unspecified atom stereocenters. The van der Waals surface area contributed by atoms with E-state index in [9.17, 15) is 0 Å². The van der Waals surface area contributed by atoms with Crippen LogP contribution in [0.5, 0.6) is 0 Å². The Morgan fingerprint density at radius 1 is 1.27 bits per heavy atom. The summed E-state index contributed by atoms with van der Waals surface area (Å²) in [5.41, 5.74) is 7.12. The third-order valence-electron chi connectivity index (χ3n) is 4.38. The molecule has 1 nitrogen and oxygen atoms in total. The Morgan fingerprint density at radius 3 is 2.18 bits per heavy atom. The zero-order chi connectivity index (χ0) is 8.28. The van der Waals surface area contributed by atoms with Crippen LogP contribution in [0.1, 0.15) is 40.0 Å². The first-order chi connectivity index (χ1) is 4.97. The van der Waals surface area contributed by atoms with E-state index in [1.54, 1.807) is 0 Å². The molecular weight excluding hydrogens is 134 g/mol. The highest BCUT2D eigenvalue weighted by atomic mass is 14.8. The Balaban J connectivity index is 2.34. The van der Waals surface area contributed by atoms with Crippen molar-refractivity contribution in [2.24, 2.45) is 22.5 Å². The molecule has 2 bridgehead atoms. The molecule has 2 saturated carbocycles. The zero-order valence-electron chi connectivity index (χ0n) is 7.85. The normalized spacial score (nSPS) is 53.5. The summed E-state index contributed by atoms with van der Waals surface area (Å²) in [6, 6.07) is 0.439. The average molecular weight is 153 g/mol. The van der Waals surface area contributed by atoms with Crippen molar-refractivity contribution in [2.75, 3.05) is 0 Å². The first kappa shape index (κ1) is 7.60. The topological polar surface area (TPSA) is 26.0 Å². The minimum absolute atomic E-state index is 0.410. The van der Waals surface area contributed by atoms with Crippen LogP contribution in [0.15, 0.2) is 0 Å². The molecule has 0 saturated heterocycles. The molecule has 2 N–H and O–H groups in total. The van der Waals surface area contributed by atoms with Crippen LogP contribution in [-0.2, 0) is 0 Å². The van der Waals surface area contributed by atoms with E-state index in [1.165, 1.54) is 19.3 Å². The van der Waals surface area contributed by atoms with Crippen LogP contribution in [-0.4, -0.2) is 6.04 Å². The average Bonchev–Trinajstić information content (AvgIpc) is 2.36. The van der Waals surface area contributed by atoms with E-state index in [4.69, 9.17) is 5.73 Å². The van der Waals surface area contributed by atoms with E-state index >= 15 is 0 Å². The highest BCUT2D eigenvalue weighted by Crippen LogP contribution is 2.61. The van der Waals surface area contributed by atoms with Gasteiger partial charge in [-0.1, -0.05) is 20.8 Å². The molecule has 3 atom stereocenters. The molecule has 0 aromatic heterocycles. The second-order valence-electron chi connectivity index (χ2n) is 5.39. The third kappa shape index (κ3) is 0.752. The van der Waals surface area contributed by atoms with E-state index in [1.807, 2.05) is 0 Å². The zero-order valence-corrected chi connectivity index (χ0v) is 7.85. The van der Waals surface area contributed by atoms with Crippen LogP contribution < -0.4 is 5.73 Å². The van der Waals surface area contributed by atoms with Gasteiger partial charge in [0.2, 0.25) is 0 Å². The Bertz CT molecular complexity index is 181. The Hall–Kier alpha value is -0.0400. The maximum atomic E-state index is 6.23. The van der Waals surface area contributed by atoms with Crippen LogP contribution in [0.4, 0.5) is 0 Å². The first-order valence-corrected chi connectivity index (χ1v) is 4.72. The van der Waals surface area contributed by atoms with Gasteiger partial charge >= 0.3 is 0 Å². The van der Waals surface area contributed by atoms with Gasteiger partial charge in [-0.25, -0.2) is 0 Å². The van der Waals surface area contributed by atoms with Crippen LogP contribution in [0.3, 0.4) is 0 Å². The summed E-state index contributed by atoms with van der Waals surface area (Å²) in [4.78, 5) is 0. The summed E-state index contributed by atoms with van der Waals surface area (Å²) in [5.74, 6) is 0.905. The Morgan fingerprint density at radius 2 is 1.91 bits per heavy atom. The molecule has 0 aromatic carbocycles. The lowest BCUT2D eigenvalue weighted by Crippen LogP contribution is -2.46. The highest BCUT2D eigenvalue weighted by Gasteiger charge is 2.57. The molecule has 2 aliphatic rings. The van der Waals surface area contributed by atoms with Crippen LogP contribution >= 0.6 is 0 Å². The molecule has 64 valence electrons. The van der Waals surface area contributed by atoms with E-state index in [-0.39, 0.29) is 0 Å². The van der Waals surface area contributed by atoms with Gasteiger partial charge < -0.3 is 5.73 Å². The number of hydrogen-bond acceptors (Lipinski definition) is 1. The van der Waals surface area contributed by atoms with Gasteiger partial charge in [-0.15, -0.1) is 0 Å². The van der Waals surface area contributed by atoms with Crippen LogP contribution in [0.25, 0.3) is 0 Å². The smallest absolute Gasteiger partial charge is 0.0147 e. The molecule has 2 aliphatic carbocycles. The van der Waals surface area contributed by atoms with Gasteiger partial charge in [-0.05, 0) is 36.0 Å². The lowest BCUT2D eigenvalue weighted by Gasteiger charge is -2.40. The van der Waals surface area contributed by atoms with Gasteiger partial charge in [-0.2, -0.15) is 0 Å². The molecule has 0 amide bonds. The van der Waals surface area contributed by atoms with Crippen LogP contribution in [0, 0.1) is 16.7 Å². The quantitative estimate of drug-likeness (QED) is 0.567. The van der Waals surface area contributed by atoms with Crippen molar-refractivity contribution < 1.29 is 0 Å². The summed E-state index contributed by atoms with van der Waals surface area (Å²) in [7, 11) is 0. The van der Waals surface area contributed by atoms with Gasteiger partial charge in [0.1, 0.15) is 0 Å². The fraction of sp³-hybridized carbons (Fsp3) is 1.00. The molecule has 0 radical (unpaired) electrons. The van der Waals surface area contributed by atoms with Crippen molar-refractivity contribution in [3.05, 3.63) is 0 Å². The number of hydrogen-bond donors (Lipinski definition) is 1. The number of fused-ring (bicyclic) bond motifs is 2. The van der Waals surface area contributed by atoms with Crippen molar-refractivity contribution >= 4 is 0 Å². The lowest BCUT2D eigenvalue weighted by atomic mass is 9.69. The summed E-state index contributed by atoms with van der Waals surface area (Å²) in [6.07, 6.45) is 4.15. The second kappa shape index (κ2) is 1.82. The predicted molar refractivity (Wildman–Crippen MR) is 47.2 cm³/mol. The van der Waals surface area contributed by atoms with Crippen molar-refractivity contribution in [3.8, 4) is 0 Å². The van der Waals surface area contributed by atoms with Crippen molar-refractivity contribution in [1.82, 2.24) is 0 Å². The summed E-state index contributed by atoms with van der Waals surface area (Å²) < 4.78 is 0. The monoisotopic (exact) mass is 153 g/mol. The van der Waals surface area contributed by atoms with Gasteiger partial charge in [0.05, 0.1) is 0 Å². The van der Waals surface area contributed by atoms with E-state index in [0.717, 1.165) is 5.92 Å². The Kier molecular flexibility index (Phi) is 1.26. The van der Waals surface area contributed by atoms with Gasteiger partial charge in [0, 0.05) is 6.04 Å². The number of nitrogens with two attached hydrogens (primary N) is 1. The lowest BCUT2D eigenvalue weighted by molar-refractivity contribution is 0.141. The molecular formula is C10H19N. The molecule has 0 aliphatic heterocycles. The van der Waals surface area contributed by atoms with Gasteiger partial charge in [0.15, 0.2) is 0 Å². The minimum Gasteiger partial charge on any atom is -0.327 e. The SMILES string of the molecule is CC1(C)C(N)[C@]2(C)CC[C@H]1C2. The molecule has 0 spiro atoms. The standard InChI is InChI=1S/C10H19N/c1-9(2)7-4-5-10(3,6-7)8(9)11/h7-8H,4-6,11H2,1-3H3/t7-,8?,10+/m0/s1. The largest absolute Gasteiger partial charge is 0.327 e. The fourth-order valence-electron chi connectivity index (χ4n) is 3.34. The van der Waals surface area contributed by atoms with E-state index in [0.29, 0.717) is 16.9 Å². The summed E-state index contributed by atoms with van der Waals surface area (Å²) in [5, 5.41) is 0. The molecule has 2 rings (SSSR count). The fourth-order valence-corrected chi connectivity index (χ4v) is 3.34. The first-order valence-electron chi connectivity index (χ1n) is 4.72. The number of rotatable bonds is 0. The van der Waals surface area contributed by atoms with Gasteiger partial charge in [-0.3, -0.25) is 0 Å². The Labute approximate surface area is 69.4 Å². The predicted octanol–water partition coefficient (Wildman–Crippen LogP) is 2.16. The minimum atomic E-state index is 0.410.